The Morgan fingerprint density at radius 2 is 1.56 bits per heavy atom. The predicted molar refractivity (Wildman–Crippen MR) is 178 cm³/mol. The number of halogens is 1. The van der Waals surface area contributed by atoms with Gasteiger partial charge in [-0.15, -0.1) is 0 Å². The molecule has 5 aromatic rings. The maximum Gasteiger partial charge on any atom is 0.248 e. The van der Waals surface area contributed by atoms with Gasteiger partial charge in [-0.25, -0.2) is 4.98 Å². The first-order valence-corrected chi connectivity index (χ1v) is 14.6. The third-order valence-corrected chi connectivity index (χ3v) is 7.50. The standard InChI is InChI=1S/C34H32ClN7O/c1-41-18-20-42(21-19-41)29-14-12-26(13-15-29)38-34-39-31-16-11-25(35)22-30(31)33(40-34)37-28-9-5-8-27(23-28)36-32(43)17-10-24-6-3-2-4-7-24/h2-17,22-23H,18-21H2,1H3,(H,36,43)(H2,37,38,39,40)/b17-10+. The summed E-state index contributed by atoms with van der Waals surface area (Å²) in [5, 5.41) is 11.0. The largest absolute Gasteiger partial charge is 0.369 e. The van der Waals surface area contributed by atoms with Crippen LogP contribution in [0.1, 0.15) is 5.56 Å². The Balaban J connectivity index is 1.20. The molecule has 1 aliphatic rings. The molecule has 6 rings (SSSR count). The zero-order valence-corrected chi connectivity index (χ0v) is 24.6. The van der Waals surface area contributed by atoms with Gasteiger partial charge in [-0.3, -0.25) is 4.79 Å². The van der Waals surface area contributed by atoms with E-state index in [4.69, 9.17) is 21.6 Å². The van der Waals surface area contributed by atoms with Crippen molar-refractivity contribution in [2.45, 2.75) is 0 Å². The zero-order valence-electron chi connectivity index (χ0n) is 23.8. The molecule has 0 radical (unpaired) electrons. The van der Waals surface area contributed by atoms with E-state index in [1.807, 2.05) is 72.8 Å². The van der Waals surface area contributed by atoms with Crippen LogP contribution in [0.3, 0.4) is 0 Å². The van der Waals surface area contributed by atoms with Gasteiger partial charge in [0.05, 0.1) is 5.52 Å². The predicted octanol–water partition coefficient (Wildman–Crippen LogP) is 7.17. The van der Waals surface area contributed by atoms with Crippen LogP contribution < -0.4 is 20.9 Å². The van der Waals surface area contributed by atoms with Crippen molar-refractivity contribution in [3.05, 3.63) is 114 Å². The Bertz CT molecular complexity index is 1750. The Labute approximate surface area is 256 Å². The molecule has 0 saturated carbocycles. The van der Waals surface area contributed by atoms with Crippen LogP contribution in [0, 0.1) is 0 Å². The number of nitrogens with zero attached hydrogens (tertiary/aromatic N) is 4. The highest BCUT2D eigenvalue weighted by molar-refractivity contribution is 6.31. The van der Waals surface area contributed by atoms with E-state index in [9.17, 15) is 4.79 Å². The minimum absolute atomic E-state index is 0.217. The van der Waals surface area contributed by atoms with E-state index in [2.05, 4.69) is 57.1 Å². The number of fused-ring (bicyclic) bond motifs is 1. The van der Waals surface area contributed by atoms with Crippen molar-refractivity contribution in [2.75, 3.05) is 54.1 Å². The van der Waals surface area contributed by atoms with Crippen LogP contribution in [0.15, 0.2) is 103 Å². The smallest absolute Gasteiger partial charge is 0.248 e. The highest BCUT2D eigenvalue weighted by Crippen LogP contribution is 2.30. The Morgan fingerprint density at radius 3 is 2.35 bits per heavy atom. The molecular formula is C34H32ClN7O. The number of piperazine rings is 1. The number of rotatable bonds is 8. The highest BCUT2D eigenvalue weighted by atomic mass is 35.5. The first-order valence-electron chi connectivity index (χ1n) is 14.2. The molecule has 1 saturated heterocycles. The van der Waals surface area contributed by atoms with Crippen molar-refractivity contribution < 1.29 is 4.79 Å². The number of anilines is 6. The van der Waals surface area contributed by atoms with Crippen LogP contribution >= 0.6 is 11.6 Å². The number of aromatic nitrogens is 2. The fourth-order valence-corrected chi connectivity index (χ4v) is 5.10. The van der Waals surface area contributed by atoms with Crippen LogP contribution in [0.5, 0.6) is 0 Å². The van der Waals surface area contributed by atoms with Crippen molar-refractivity contribution in [3.63, 3.8) is 0 Å². The number of likely N-dealkylation sites (N-methyl/N-ethyl adjacent to an activating group) is 1. The summed E-state index contributed by atoms with van der Waals surface area (Å²) in [6.45, 7) is 4.16. The number of nitrogens with one attached hydrogen (secondary N) is 3. The molecule has 1 fully saturated rings. The van der Waals surface area contributed by atoms with Crippen LogP contribution in [-0.2, 0) is 4.79 Å². The fraction of sp³-hybridized carbons (Fsp3) is 0.147. The third kappa shape index (κ3) is 7.30. The molecule has 8 nitrogen and oxygen atoms in total. The van der Waals surface area contributed by atoms with Gasteiger partial charge in [0.1, 0.15) is 5.82 Å². The normalized spacial score (nSPS) is 13.8. The lowest BCUT2D eigenvalue weighted by molar-refractivity contribution is -0.111. The Kier molecular flexibility index (Phi) is 8.49. The number of hydrogen-bond acceptors (Lipinski definition) is 7. The molecule has 1 aliphatic heterocycles. The minimum atomic E-state index is -0.217. The van der Waals surface area contributed by atoms with Gasteiger partial charge >= 0.3 is 0 Å². The zero-order chi connectivity index (χ0) is 29.6. The van der Waals surface area contributed by atoms with Crippen molar-refractivity contribution in [1.82, 2.24) is 14.9 Å². The summed E-state index contributed by atoms with van der Waals surface area (Å²) in [6.07, 6.45) is 3.30. The number of hydrogen-bond donors (Lipinski definition) is 3. The first kappa shape index (κ1) is 28.2. The lowest BCUT2D eigenvalue weighted by Crippen LogP contribution is -2.44. The molecule has 0 unspecified atom stereocenters. The van der Waals surface area contributed by atoms with Crippen molar-refractivity contribution in [1.29, 1.82) is 0 Å². The van der Waals surface area contributed by atoms with E-state index >= 15 is 0 Å². The molecule has 43 heavy (non-hydrogen) atoms. The summed E-state index contributed by atoms with van der Waals surface area (Å²) in [5.74, 6) is 0.835. The van der Waals surface area contributed by atoms with Gasteiger partial charge in [0, 0.05) is 65.4 Å². The van der Waals surface area contributed by atoms with Crippen molar-refractivity contribution in [2.24, 2.45) is 0 Å². The Morgan fingerprint density at radius 1 is 0.791 bits per heavy atom. The quantitative estimate of drug-likeness (QED) is 0.165. The van der Waals surface area contributed by atoms with Gasteiger partial charge in [0.2, 0.25) is 11.9 Å². The molecule has 216 valence electrons. The first-order chi connectivity index (χ1) is 21.0. The second-order valence-electron chi connectivity index (χ2n) is 10.5. The van der Waals surface area contributed by atoms with Gasteiger partial charge in [-0.05, 0) is 79.4 Å². The molecule has 0 aliphatic carbocycles. The third-order valence-electron chi connectivity index (χ3n) is 7.27. The minimum Gasteiger partial charge on any atom is -0.369 e. The Hall–Kier alpha value is -4.92. The van der Waals surface area contributed by atoms with Crippen molar-refractivity contribution in [3.8, 4) is 0 Å². The van der Waals surface area contributed by atoms with Crippen LogP contribution in [0.2, 0.25) is 5.02 Å². The fourth-order valence-electron chi connectivity index (χ4n) is 4.93. The van der Waals surface area contributed by atoms with Crippen molar-refractivity contribution >= 4 is 69.0 Å². The summed E-state index contributed by atoms with van der Waals surface area (Å²) in [4.78, 5) is 26.8. The van der Waals surface area contributed by atoms with Crippen LogP contribution in [0.25, 0.3) is 17.0 Å². The number of amides is 1. The number of carbonyl (C=O) groups excluding carboxylic acids is 1. The van der Waals surface area contributed by atoms with Gasteiger partial charge in [-0.2, -0.15) is 4.98 Å². The summed E-state index contributed by atoms with van der Waals surface area (Å²) in [6, 6.07) is 31.1. The lowest BCUT2D eigenvalue weighted by Gasteiger charge is -2.34. The molecular weight excluding hydrogens is 558 g/mol. The van der Waals surface area contributed by atoms with Gasteiger partial charge < -0.3 is 25.8 Å². The van der Waals surface area contributed by atoms with E-state index in [0.29, 0.717) is 22.5 Å². The molecule has 0 spiro atoms. The summed E-state index contributed by atoms with van der Waals surface area (Å²) >= 11 is 6.35. The van der Waals surface area contributed by atoms with E-state index in [-0.39, 0.29) is 5.91 Å². The number of carbonyl (C=O) groups is 1. The van der Waals surface area contributed by atoms with E-state index in [1.165, 1.54) is 11.8 Å². The van der Waals surface area contributed by atoms with Gasteiger partial charge in [0.25, 0.3) is 0 Å². The maximum atomic E-state index is 12.5. The van der Waals surface area contributed by atoms with Crippen LogP contribution in [0.4, 0.5) is 34.5 Å². The molecule has 2 heterocycles. The average molecular weight is 590 g/mol. The average Bonchev–Trinajstić information content (AvgIpc) is 3.02. The van der Waals surface area contributed by atoms with Crippen LogP contribution in [-0.4, -0.2) is 54.0 Å². The SMILES string of the molecule is CN1CCN(c2ccc(Nc3nc(Nc4cccc(NC(=O)/C=C/c5ccccc5)c4)c4cc(Cl)ccc4n3)cc2)CC1. The monoisotopic (exact) mass is 589 g/mol. The van der Waals surface area contributed by atoms with E-state index < -0.39 is 0 Å². The molecule has 1 amide bonds. The molecule has 9 heteroatoms. The van der Waals surface area contributed by atoms with Gasteiger partial charge in [0.15, 0.2) is 0 Å². The number of benzene rings is 4. The van der Waals surface area contributed by atoms with Gasteiger partial charge in [-0.1, -0.05) is 48.0 Å². The summed E-state index contributed by atoms with van der Waals surface area (Å²) < 4.78 is 0. The second-order valence-corrected chi connectivity index (χ2v) is 10.9. The lowest BCUT2D eigenvalue weighted by atomic mass is 10.2. The summed E-state index contributed by atoms with van der Waals surface area (Å²) in [5.41, 5.74) is 5.21. The topological polar surface area (TPSA) is 85.4 Å². The highest BCUT2D eigenvalue weighted by Gasteiger charge is 2.15. The maximum absolute atomic E-state index is 12.5. The summed E-state index contributed by atoms with van der Waals surface area (Å²) in [7, 11) is 2.16. The molecule has 1 aromatic heterocycles. The second kappa shape index (κ2) is 12.9. The van der Waals surface area contributed by atoms with E-state index in [1.54, 1.807) is 6.08 Å². The molecule has 0 atom stereocenters. The molecule has 3 N–H and O–H groups in total. The molecule has 4 aromatic carbocycles. The van der Waals surface area contributed by atoms with E-state index in [0.717, 1.165) is 54.0 Å². The molecule has 0 bridgehead atoms.